The van der Waals surface area contributed by atoms with E-state index in [1.807, 2.05) is 37.2 Å². The van der Waals surface area contributed by atoms with Gasteiger partial charge < -0.3 is 9.64 Å². The number of aromatic nitrogens is 2. The molecule has 94 valence electrons. The smallest absolute Gasteiger partial charge is 0.132 e. The summed E-state index contributed by atoms with van der Waals surface area (Å²) < 4.78 is 5.32. The van der Waals surface area contributed by atoms with Crippen molar-refractivity contribution in [3.8, 4) is 17.0 Å². The summed E-state index contributed by atoms with van der Waals surface area (Å²) in [5, 5.41) is 0.649. The van der Waals surface area contributed by atoms with Gasteiger partial charge in [0.25, 0.3) is 0 Å². The van der Waals surface area contributed by atoms with E-state index in [-0.39, 0.29) is 0 Å². The molecule has 2 aromatic rings. The fraction of sp³-hybridized carbons (Fsp3) is 0.231. The van der Waals surface area contributed by atoms with Gasteiger partial charge in [0.2, 0.25) is 0 Å². The molecule has 0 saturated carbocycles. The van der Waals surface area contributed by atoms with Crippen LogP contribution in [0.5, 0.6) is 5.75 Å². The highest BCUT2D eigenvalue weighted by molar-refractivity contribution is 6.30. The number of methoxy groups -OCH3 is 1. The molecule has 5 heteroatoms. The molecule has 0 radical (unpaired) electrons. The van der Waals surface area contributed by atoms with E-state index < -0.39 is 0 Å². The quantitative estimate of drug-likeness (QED) is 0.854. The molecule has 0 bridgehead atoms. The Bertz CT molecular complexity index is 558. The van der Waals surface area contributed by atoms with Gasteiger partial charge in [-0.2, -0.15) is 0 Å². The molecule has 1 aromatic heterocycles. The Morgan fingerprint density at radius 1 is 1.17 bits per heavy atom. The van der Waals surface area contributed by atoms with Gasteiger partial charge in [0.1, 0.15) is 17.9 Å². The molecule has 0 atom stereocenters. The van der Waals surface area contributed by atoms with Gasteiger partial charge in [-0.3, -0.25) is 0 Å². The van der Waals surface area contributed by atoms with Crippen LogP contribution in [-0.4, -0.2) is 31.2 Å². The van der Waals surface area contributed by atoms with Crippen molar-refractivity contribution in [2.24, 2.45) is 0 Å². The van der Waals surface area contributed by atoms with Gasteiger partial charge in [0.15, 0.2) is 0 Å². The average Bonchev–Trinajstić information content (AvgIpc) is 2.39. The maximum Gasteiger partial charge on any atom is 0.132 e. The van der Waals surface area contributed by atoms with Crippen LogP contribution in [-0.2, 0) is 0 Å². The summed E-state index contributed by atoms with van der Waals surface area (Å²) in [6.45, 7) is 0. The Morgan fingerprint density at radius 3 is 2.61 bits per heavy atom. The molecule has 0 fully saturated rings. The van der Waals surface area contributed by atoms with Crippen LogP contribution in [0.15, 0.2) is 30.6 Å². The summed E-state index contributed by atoms with van der Waals surface area (Å²) in [5.74, 6) is 1.57. The number of nitrogens with zero attached hydrogens (tertiary/aromatic N) is 3. The Balaban J connectivity index is 2.54. The minimum absolute atomic E-state index is 0.649. The molecule has 18 heavy (non-hydrogen) atoms. The van der Waals surface area contributed by atoms with E-state index in [4.69, 9.17) is 16.3 Å². The van der Waals surface area contributed by atoms with Crippen molar-refractivity contribution in [3.05, 3.63) is 35.6 Å². The molecule has 0 aliphatic carbocycles. The first kappa shape index (κ1) is 12.6. The summed E-state index contributed by atoms with van der Waals surface area (Å²) in [7, 11) is 5.49. The molecule has 0 aliphatic heterocycles. The maximum absolute atomic E-state index is 6.02. The molecule has 0 spiro atoms. The number of rotatable bonds is 3. The van der Waals surface area contributed by atoms with Crippen LogP contribution in [0.1, 0.15) is 0 Å². The lowest BCUT2D eigenvalue weighted by Crippen LogP contribution is -2.10. The van der Waals surface area contributed by atoms with Gasteiger partial charge >= 0.3 is 0 Å². The lowest BCUT2D eigenvalue weighted by atomic mass is 10.1. The second kappa shape index (κ2) is 5.23. The van der Waals surface area contributed by atoms with Gasteiger partial charge in [0.05, 0.1) is 12.8 Å². The molecular weight excluding hydrogens is 250 g/mol. The van der Waals surface area contributed by atoms with Crippen molar-refractivity contribution in [1.82, 2.24) is 9.97 Å². The monoisotopic (exact) mass is 263 g/mol. The topological polar surface area (TPSA) is 38.2 Å². The van der Waals surface area contributed by atoms with Crippen LogP contribution in [0, 0.1) is 0 Å². The number of anilines is 1. The third kappa shape index (κ3) is 2.54. The number of hydrogen-bond acceptors (Lipinski definition) is 4. The summed E-state index contributed by atoms with van der Waals surface area (Å²) in [5.41, 5.74) is 1.64. The van der Waals surface area contributed by atoms with Crippen molar-refractivity contribution in [2.75, 3.05) is 26.1 Å². The van der Waals surface area contributed by atoms with E-state index >= 15 is 0 Å². The highest BCUT2D eigenvalue weighted by Gasteiger charge is 2.09. The Kier molecular flexibility index (Phi) is 3.67. The Morgan fingerprint density at radius 2 is 1.94 bits per heavy atom. The van der Waals surface area contributed by atoms with Crippen LogP contribution in [0.25, 0.3) is 11.3 Å². The van der Waals surface area contributed by atoms with Crippen LogP contribution < -0.4 is 9.64 Å². The van der Waals surface area contributed by atoms with E-state index in [2.05, 4.69) is 9.97 Å². The van der Waals surface area contributed by atoms with Gasteiger partial charge in [-0.1, -0.05) is 11.6 Å². The first-order valence-electron chi connectivity index (χ1n) is 5.45. The van der Waals surface area contributed by atoms with Gasteiger partial charge in [-0.05, 0) is 18.2 Å². The van der Waals surface area contributed by atoms with Crippen LogP contribution in [0.2, 0.25) is 5.02 Å². The standard InChI is InChI=1S/C13H14ClN3O/c1-17(2)13-7-11(15-8-16-13)10-6-9(14)4-5-12(10)18-3/h4-8H,1-3H3. The zero-order valence-electron chi connectivity index (χ0n) is 10.5. The Hall–Kier alpha value is -1.81. The lowest BCUT2D eigenvalue weighted by Gasteiger charge is -2.13. The normalized spacial score (nSPS) is 10.2. The highest BCUT2D eigenvalue weighted by atomic mass is 35.5. The number of halogens is 1. The van der Waals surface area contributed by atoms with E-state index in [1.54, 1.807) is 13.2 Å². The Labute approximate surface area is 111 Å². The van der Waals surface area contributed by atoms with E-state index in [0.29, 0.717) is 5.02 Å². The van der Waals surface area contributed by atoms with Crippen LogP contribution in [0.3, 0.4) is 0 Å². The predicted molar refractivity (Wildman–Crippen MR) is 73.4 cm³/mol. The minimum Gasteiger partial charge on any atom is -0.496 e. The largest absolute Gasteiger partial charge is 0.496 e. The summed E-state index contributed by atoms with van der Waals surface area (Å²) in [6, 6.07) is 7.35. The van der Waals surface area contributed by atoms with E-state index in [9.17, 15) is 0 Å². The van der Waals surface area contributed by atoms with Crippen molar-refractivity contribution in [2.45, 2.75) is 0 Å². The molecule has 4 nitrogen and oxygen atoms in total. The van der Waals surface area contributed by atoms with E-state index in [0.717, 1.165) is 22.8 Å². The molecule has 0 saturated heterocycles. The second-order valence-electron chi connectivity index (χ2n) is 4.00. The summed E-state index contributed by atoms with van der Waals surface area (Å²) in [4.78, 5) is 10.4. The number of hydrogen-bond donors (Lipinski definition) is 0. The second-order valence-corrected chi connectivity index (χ2v) is 4.44. The van der Waals surface area contributed by atoms with Crippen LogP contribution >= 0.6 is 11.6 Å². The minimum atomic E-state index is 0.649. The molecular formula is C13H14ClN3O. The lowest BCUT2D eigenvalue weighted by molar-refractivity contribution is 0.416. The fourth-order valence-electron chi connectivity index (χ4n) is 1.62. The summed E-state index contributed by atoms with van der Waals surface area (Å²) in [6.07, 6.45) is 1.53. The van der Waals surface area contributed by atoms with Crippen LogP contribution in [0.4, 0.5) is 5.82 Å². The molecule has 0 N–H and O–H groups in total. The maximum atomic E-state index is 6.02. The van der Waals surface area contributed by atoms with Crippen molar-refractivity contribution in [3.63, 3.8) is 0 Å². The van der Waals surface area contributed by atoms with Crippen molar-refractivity contribution in [1.29, 1.82) is 0 Å². The van der Waals surface area contributed by atoms with Crippen molar-refractivity contribution < 1.29 is 4.74 Å². The SMILES string of the molecule is COc1ccc(Cl)cc1-c1cc(N(C)C)ncn1. The number of ether oxygens (including phenoxy) is 1. The molecule has 1 heterocycles. The molecule has 1 aromatic carbocycles. The first-order chi connectivity index (χ1) is 8.61. The first-order valence-corrected chi connectivity index (χ1v) is 5.83. The fourth-order valence-corrected chi connectivity index (χ4v) is 1.79. The highest BCUT2D eigenvalue weighted by Crippen LogP contribution is 2.31. The van der Waals surface area contributed by atoms with Gasteiger partial charge in [0, 0.05) is 30.7 Å². The average molecular weight is 264 g/mol. The predicted octanol–water partition coefficient (Wildman–Crippen LogP) is 2.87. The third-order valence-corrected chi connectivity index (χ3v) is 2.78. The molecule has 0 aliphatic rings. The summed E-state index contributed by atoms with van der Waals surface area (Å²) >= 11 is 6.02. The third-order valence-electron chi connectivity index (χ3n) is 2.55. The van der Waals surface area contributed by atoms with E-state index in [1.165, 1.54) is 6.33 Å². The van der Waals surface area contributed by atoms with Gasteiger partial charge in [-0.25, -0.2) is 9.97 Å². The molecule has 0 unspecified atom stereocenters. The molecule has 0 amide bonds. The van der Waals surface area contributed by atoms with Gasteiger partial charge in [-0.15, -0.1) is 0 Å². The zero-order valence-corrected chi connectivity index (χ0v) is 11.3. The molecule has 2 rings (SSSR count). The van der Waals surface area contributed by atoms with Crippen molar-refractivity contribution >= 4 is 17.4 Å². The zero-order chi connectivity index (χ0) is 13.1. The number of benzene rings is 1.